The molecule has 3 rings (SSSR count). The van der Waals surface area contributed by atoms with Crippen LogP contribution in [-0.2, 0) is 14.3 Å². The van der Waals surface area contributed by atoms with Gasteiger partial charge in [0.1, 0.15) is 0 Å². The average Bonchev–Trinajstić information content (AvgIpc) is 2.72. The smallest absolute Gasteiger partial charge is 0.287 e. The van der Waals surface area contributed by atoms with E-state index >= 15 is 0 Å². The Morgan fingerprint density at radius 2 is 1.73 bits per heavy atom. The summed E-state index contributed by atoms with van der Waals surface area (Å²) in [6.45, 7) is 10.5. The summed E-state index contributed by atoms with van der Waals surface area (Å²) in [5.41, 5.74) is 0.252. The lowest BCUT2D eigenvalue weighted by Gasteiger charge is -2.43. The van der Waals surface area contributed by atoms with E-state index in [1.165, 1.54) is 0 Å². The molecule has 0 bridgehead atoms. The monoisotopic (exact) mass is 551 g/mol. The zero-order valence-electron chi connectivity index (χ0n) is 19.5. The normalized spacial score (nSPS) is 21.7. The third-order valence-corrected chi connectivity index (χ3v) is 14.0. The Bertz CT molecular complexity index is 1160. The van der Waals surface area contributed by atoms with E-state index in [1.807, 2.05) is 12.2 Å². The van der Waals surface area contributed by atoms with Crippen LogP contribution in [0.15, 0.2) is 70.1 Å². The van der Waals surface area contributed by atoms with E-state index in [2.05, 4.69) is 49.8 Å². The van der Waals surface area contributed by atoms with Crippen molar-refractivity contribution >= 4 is 39.8 Å². The molecule has 9 heteroatoms. The molecule has 0 fully saturated rings. The van der Waals surface area contributed by atoms with Gasteiger partial charge in [-0.25, -0.2) is 8.42 Å². The number of hydrogen-bond donors (Lipinski definition) is 0. The van der Waals surface area contributed by atoms with Crippen LogP contribution < -0.4 is 0 Å². The maximum Gasteiger partial charge on any atom is 0.287 e. The van der Waals surface area contributed by atoms with Crippen LogP contribution in [0.3, 0.4) is 0 Å². The van der Waals surface area contributed by atoms with E-state index in [4.69, 9.17) is 4.43 Å². The van der Waals surface area contributed by atoms with Crippen molar-refractivity contribution in [3.63, 3.8) is 0 Å². The molecule has 0 N–H and O–H groups in total. The van der Waals surface area contributed by atoms with Gasteiger partial charge in [-0.15, -0.1) is 0 Å². The Balaban J connectivity index is 2.22. The van der Waals surface area contributed by atoms with Crippen LogP contribution in [0.5, 0.6) is 0 Å². The highest BCUT2D eigenvalue weighted by molar-refractivity contribution is 9.10. The van der Waals surface area contributed by atoms with Crippen molar-refractivity contribution in [2.75, 3.05) is 0 Å². The second kappa shape index (κ2) is 9.44. The first-order valence-electron chi connectivity index (χ1n) is 10.8. The van der Waals surface area contributed by atoms with Crippen LogP contribution in [0.1, 0.15) is 38.7 Å². The van der Waals surface area contributed by atoms with E-state index in [1.54, 1.807) is 48.5 Å². The number of halogens is 1. The minimum absolute atomic E-state index is 0.111. The topological polar surface area (TPSA) is 86.5 Å². The number of benzene rings is 2. The number of hydrogen-bond acceptors (Lipinski definition) is 5. The highest BCUT2D eigenvalue weighted by Crippen LogP contribution is 2.46. The largest absolute Gasteiger partial charge is 0.410 e. The van der Waals surface area contributed by atoms with Gasteiger partial charge < -0.3 is 4.43 Å². The van der Waals surface area contributed by atoms with Gasteiger partial charge in [0.15, 0.2) is 18.2 Å². The van der Waals surface area contributed by atoms with Crippen LogP contribution in [0.4, 0.5) is 5.69 Å². The molecule has 0 radical (unpaired) electrons. The minimum atomic E-state index is -3.79. The van der Waals surface area contributed by atoms with Crippen molar-refractivity contribution in [3.05, 3.63) is 80.8 Å². The summed E-state index contributed by atoms with van der Waals surface area (Å²) in [5, 5.41) is 11.0. The zero-order valence-corrected chi connectivity index (χ0v) is 22.9. The number of nitro benzene ring substituents is 1. The molecule has 0 aromatic heterocycles. The predicted molar refractivity (Wildman–Crippen MR) is 137 cm³/mol. The van der Waals surface area contributed by atoms with Gasteiger partial charge in [0.2, 0.25) is 0 Å². The van der Waals surface area contributed by atoms with Gasteiger partial charge in [-0.2, -0.15) is 0 Å². The van der Waals surface area contributed by atoms with Gasteiger partial charge in [0.05, 0.1) is 25.6 Å². The fourth-order valence-electron chi connectivity index (χ4n) is 3.93. The fourth-order valence-corrected chi connectivity index (χ4v) is 7.65. The molecule has 0 saturated carbocycles. The molecule has 1 aliphatic rings. The van der Waals surface area contributed by atoms with Crippen LogP contribution in [0.25, 0.3) is 0 Å². The summed E-state index contributed by atoms with van der Waals surface area (Å²) < 4.78 is 34.6. The van der Waals surface area contributed by atoms with Gasteiger partial charge in [0.25, 0.3) is 5.69 Å². The standard InChI is InChI=1S/C24H30BrNO5SSi/c1-24(2,3)33(4,5)31-20-15-10-16-21(32(29,30)17-11-7-6-8-12-17)22(20)18-13-9-14-19(25)23(18)26(27)28/h6-15,20-22H,16H2,1-5H3/t20?,21-,22-/m1/s1. The molecule has 0 saturated heterocycles. The summed E-state index contributed by atoms with van der Waals surface area (Å²) in [6.07, 6.45) is 3.37. The molecule has 2 aromatic carbocycles. The van der Waals surface area contributed by atoms with Crippen LogP contribution in [-0.4, -0.2) is 33.0 Å². The number of nitro groups is 1. The molecule has 2 aromatic rings. The van der Waals surface area contributed by atoms with E-state index in [0.29, 0.717) is 10.0 Å². The van der Waals surface area contributed by atoms with Crippen molar-refractivity contribution in [3.8, 4) is 0 Å². The van der Waals surface area contributed by atoms with Gasteiger partial charge >= 0.3 is 0 Å². The lowest BCUT2D eigenvalue weighted by molar-refractivity contribution is -0.386. The maximum absolute atomic E-state index is 13.8. The van der Waals surface area contributed by atoms with Gasteiger partial charge in [-0.05, 0) is 58.7 Å². The van der Waals surface area contributed by atoms with E-state index < -0.39 is 40.3 Å². The molecule has 33 heavy (non-hydrogen) atoms. The van der Waals surface area contributed by atoms with Crippen molar-refractivity contribution in [1.29, 1.82) is 0 Å². The third kappa shape index (κ3) is 5.16. The number of sulfone groups is 1. The highest BCUT2D eigenvalue weighted by Gasteiger charge is 2.47. The average molecular weight is 553 g/mol. The van der Waals surface area contributed by atoms with Gasteiger partial charge in [0, 0.05) is 11.5 Å². The first kappa shape index (κ1) is 25.8. The summed E-state index contributed by atoms with van der Waals surface area (Å²) in [4.78, 5) is 11.8. The lowest BCUT2D eigenvalue weighted by Crippen LogP contribution is -2.48. The summed E-state index contributed by atoms with van der Waals surface area (Å²) in [5.74, 6) is -0.729. The summed E-state index contributed by atoms with van der Waals surface area (Å²) in [7, 11) is -6.11. The Morgan fingerprint density at radius 3 is 2.30 bits per heavy atom. The molecule has 178 valence electrons. The highest BCUT2D eigenvalue weighted by atomic mass is 79.9. The van der Waals surface area contributed by atoms with E-state index in [9.17, 15) is 18.5 Å². The van der Waals surface area contributed by atoms with Crippen molar-refractivity contribution < 1.29 is 17.8 Å². The SMILES string of the molecule is CC(C)(C)[Si](C)(C)OC1C=CC[C@@H](S(=O)(=O)c2ccccc2)[C@@H]1c1cccc(Br)c1[N+](=O)[O-]. The molecular formula is C24H30BrNO5SSi. The maximum atomic E-state index is 13.8. The predicted octanol–water partition coefficient (Wildman–Crippen LogP) is 6.63. The quantitative estimate of drug-likeness (QED) is 0.174. The second-order valence-corrected chi connectivity index (χ2v) is 17.6. The van der Waals surface area contributed by atoms with Crippen molar-refractivity contribution in [2.45, 2.75) is 67.5 Å². The summed E-state index contributed by atoms with van der Waals surface area (Å²) >= 11 is 3.30. The molecule has 0 spiro atoms. The molecular weight excluding hydrogens is 522 g/mol. The second-order valence-electron chi connectivity index (χ2n) is 9.86. The number of para-hydroxylation sites is 1. The Labute approximate surface area is 205 Å². The number of nitrogens with zero attached hydrogens (tertiary/aromatic N) is 1. The molecule has 0 amide bonds. The molecule has 6 nitrogen and oxygen atoms in total. The Hall–Kier alpha value is -1.81. The molecule has 0 aliphatic heterocycles. The van der Waals surface area contributed by atoms with Crippen LogP contribution in [0.2, 0.25) is 18.1 Å². The fraction of sp³-hybridized carbons (Fsp3) is 0.417. The van der Waals surface area contributed by atoms with E-state index in [0.717, 1.165) is 0 Å². The molecule has 0 heterocycles. The summed E-state index contributed by atoms with van der Waals surface area (Å²) in [6, 6.07) is 13.2. The molecule has 3 atom stereocenters. The van der Waals surface area contributed by atoms with Crippen LogP contribution in [0, 0.1) is 10.1 Å². The lowest BCUT2D eigenvalue weighted by atomic mass is 9.84. The molecule has 1 aliphatic carbocycles. The van der Waals surface area contributed by atoms with Gasteiger partial charge in [-0.3, -0.25) is 10.1 Å². The number of allylic oxidation sites excluding steroid dienone is 1. The number of rotatable bonds is 6. The zero-order chi connectivity index (χ0) is 24.6. The van der Waals surface area contributed by atoms with Crippen molar-refractivity contribution in [2.24, 2.45) is 0 Å². The minimum Gasteiger partial charge on any atom is -0.410 e. The molecule has 1 unspecified atom stereocenters. The first-order chi connectivity index (χ1) is 15.3. The Kier molecular flexibility index (Phi) is 7.38. The first-order valence-corrected chi connectivity index (χ1v) is 16.1. The Morgan fingerprint density at radius 1 is 1.09 bits per heavy atom. The third-order valence-electron chi connectivity index (χ3n) is 6.72. The van der Waals surface area contributed by atoms with E-state index in [-0.39, 0.29) is 22.0 Å². The van der Waals surface area contributed by atoms with Gasteiger partial charge in [-0.1, -0.05) is 63.3 Å². The van der Waals surface area contributed by atoms with Crippen LogP contribution >= 0.6 is 15.9 Å². The van der Waals surface area contributed by atoms with Crippen molar-refractivity contribution in [1.82, 2.24) is 0 Å².